The highest BCUT2D eigenvalue weighted by atomic mass is 19.1. The minimum Gasteiger partial charge on any atom is -0.481 e. The Kier molecular flexibility index (Phi) is 5.42. The maximum Gasteiger partial charge on any atom is 0.319 e. The lowest BCUT2D eigenvalue weighted by Gasteiger charge is -2.10. The van der Waals surface area contributed by atoms with Crippen LogP contribution < -0.4 is 10.6 Å². The maximum atomic E-state index is 13.5. The number of hydrogen-bond donors (Lipinski definition) is 3. The SMILES string of the molecule is Cc1cc(F)c(NC(=O)NCCC(C)C(=O)O)cc1F. The number of carboxylic acid groups (broad SMARTS) is 1. The summed E-state index contributed by atoms with van der Waals surface area (Å²) in [5.41, 5.74) is -0.124. The smallest absolute Gasteiger partial charge is 0.319 e. The molecule has 5 nitrogen and oxygen atoms in total. The molecule has 110 valence electrons. The van der Waals surface area contributed by atoms with Gasteiger partial charge < -0.3 is 15.7 Å². The second-order valence-corrected chi connectivity index (χ2v) is 4.49. The van der Waals surface area contributed by atoms with E-state index < -0.39 is 29.6 Å². The van der Waals surface area contributed by atoms with Crippen LogP contribution in [0.15, 0.2) is 12.1 Å². The molecule has 0 fully saturated rings. The summed E-state index contributed by atoms with van der Waals surface area (Å²) >= 11 is 0. The van der Waals surface area contributed by atoms with Gasteiger partial charge in [0.15, 0.2) is 0 Å². The number of halogens is 2. The first-order chi connectivity index (χ1) is 9.31. The first kappa shape index (κ1) is 15.9. The van der Waals surface area contributed by atoms with Gasteiger partial charge in [0.2, 0.25) is 0 Å². The van der Waals surface area contributed by atoms with E-state index in [-0.39, 0.29) is 24.2 Å². The number of urea groups is 1. The molecule has 3 N–H and O–H groups in total. The van der Waals surface area contributed by atoms with Crippen molar-refractivity contribution in [1.82, 2.24) is 5.32 Å². The highest BCUT2D eigenvalue weighted by molar-refractivity contribution is 5.89. The van der Waals surface area contributed by atoms with E-state index in [0.29, 0.717) is 0 Å². The molecule has 7 heteroatoms. The van der Waals surface area contributed by atoms with E-state index in [0.717, 1.165) is 12.1 Å². The first-order valence-corrected chi connectivity index (χ1v) is 6.04. The number of carboxylic acids is 1. The van der Waals surface area contributed by atoms with Gasteiger partial charge in [0, 0.05) is 12.6 Å². The van der Waals surface area contributed by atoms with E-state index in [9.17, 15) is 18.4 Å². The van der Waals surface area contributed by atoms with Crippen LogP contribution in [0.1, 0.15) is 18.9 Å². The Bertz CT molecular complexity index is 521. The number of carbonyl (C=O) groups excluding carboxylic acids is 1. The van der Waals surface area contributed by atoms with Crippen molar-refractivity contribution < 1.29 is 23.5 Å². The largest absolute Gasteiger partial charge is 0.481 e. The predicted octanol–water partition coefficient (Wildman–Crippen LogP) is 2.51. The molecule has 0 spiro atoms. The molecule has 1 aromatic rings. The zero-order valence-corrected chi connectivity index (χ0v) is 11.2. The monoisotopic (exact) mass is 286 g/mol. The van der Waals surface area contributed by atoms with Crippen molar-refractivity contribution in [2.75, 3.05) is 11.9 Å². The Hall–Kier alpha value is -2.18. The fourth-order valence-corrected chi connectivity index (χ4v) is 1.43. The van der Waals surface area contributed by atoms with E-state index in [1.54, 1.807) is 0 Å². The van der Waals surface area contributed by atoms with E-state index in [4.69, 9.17) is 5.11 Å². The molecule has 1 atom stereocenters. The summed E-state index contributed by atoms with van der Waals surface area (Å²) in [6.45, 7) is 3.04. The fourth-order valence-electron chi connectivity index (χ4n) is 1.43. The summed E-state index contributed by atoms with van der Waals surface area (Å²) < 4.78 is 26.7. The van der Waals surface area contributed by atoms with Gasteiger partial charge in [-0.25, -0.2) is 13.6 Å². The molecule has 0 aliphatic rings. The number of hydrogen-bond acceptors (Lipinski definition) is 2. The lowest BCUT2D eigenvalue weighted by molar-refractivity contribution is -0.141. The predicted molar refractivity (Wildman–Crippen MR) is 69.5 cm³/mol. The zero-order chi connectivity index (χ0) is 15.3. The quantitative estimate of drug-likeness (QED) is 0.778. The molecule has 1 rings (SSSR count). The average Bonchev–Trinajstić information content (AvgIpc) is 2.35. The van der Waals surface area contributed by atoms with Crippen LogP contribution >= 0.6 is 0 Å². The van der Waals surface area contributed by atoms with Crippen molar-refractivity contribution >= 4 is 17.7 Å². The normalized spacial score (nSPS) is 11.8. The number of aryl methyl sites for hydroxylation is 1. The highest BCUT2D eigenvalue weighted by Crippen LogP contribution is 2.18. The highest BCUT2D eigenvalue weighted by Gasteiger charge is 2.12. The van der Waals surface area contributed by atoms with Crippen LogP contribution in [0.2, 0.25) is 0 Å². The van der Waals surface area contributed by atoms with Crippen LogP contribution in [0, 0.1) is 24.5 Å². The standard InChI is InChI=1S/C13H16F2N2O3/c1-7(12(18)19)3-4-16-13(20)17-11-6-9(14)8(2)5-10(11)15/h5-7H,3-4H2,1-2H3,(H,18,19)(H2,16,17,20). The van der Waals surface area contributed by atoms with Gasteiger partial charge in [-0.1, -0.05) is 6.92 Å². The van der Waals surface area contributed by atoms with Gasteiger partial charge in [0.05, 0.1) is 11.6 Å². The van der Waals surface area contributed by atoms with Crippen molar-refractivity contribution in [2.45, 2.75) is 20.3 Å². The topological polar surface area (TPSA) is 78.4 Å². The third kappa shape index (κ3) is 4.49. The van der Waals surface area contributed by atoms with Crippen LogP contribution in [0.25, 0.3) is 0 Å². The Morgan fingerprint density at radius 1 is 1.30 bits per heavy atom. The second kappa shape index (κ2) is 6.83. The Balaban J connectivity index is 2.51. The Morgan fingerprint density at radius 2 is 1.95 bits per heavy atom. The lowest BCUT2D eigenvalue weighted by Crippen LogP contribution is -2.31. The van der Waals surface area contributed by atoms with Gasteiger partial charge >= 0.3 is 12.0 Å². The molecule has 0 aromatic heterocycles. The van der Waals surface area contributed by atoms with Crippen LogP contribution in [0.4, 0.5) is 19.3 Å². The van der Waals surface area contributed by atoms with Crippen molar-refractivity contribution in [2.24, 2.45) is 5.92 Å². The van der Waals surface area contributed by atoms with Crippen LogP contribution in [-0.4, -0.2) is 23.7 Å². The molecule has 0 bridgehead atoms. The fraction of sp³-hybridized carbons (Fsp3) is 0.385. The molecule has 0 saturated carbocycles. The Labute approximate surface area is 115 Å². The van der Waals surface area contributed by atoms with Gasteiger partial charge in [0.25, 0.3) is 0 Å². The summed E-state index contributed by atoms with van der Waals surface area (Å²) in [5.74, 6) is -2.91. The molecule has 0 saturated heterocycles. The molecule has 2 amide bonds. The molecule has 1 aromatic carbocycles. The molecule has 1 unspecified atom stereocenters. The van der Waals surface area contributed by atoms with Gasteiger partial charge in [-0.2, -0.15) is 0 Å². The molecular formula is C13H16F2N2O3. The van der Waals surface area contributed by atoms with Crippen molar-refractivity contribution in [3.63, 3.8) is 0 Å². The number of rotatable bonds is 5. The van der Waals surface area contributed by atoms with Gasteiger partial charge in [-0.15, -0.1) is 0 Å². The van der Waals surface area contributed by atoms with E-state index in [1.165, 1.54) is 13.8 Å². The molecule has 0 heterocycles. The minimum atomic E-state index is -0.959. The van der Waals surface area contributed by atoms with E-state index in [2.05, 4.69) is 10.6 Å². The summed E-state index contributed by atoms with van der Waals surface area (Å²) in [4.78, 5) is 22.0. The van der Waals surface area contributed by atoms with E-state index >= 15 is 0 Å². The molecule has 0 aliphatic heterocycles. The van der Waals surface area contributed by atoms with Gasteiger partial charge in [-0.05, 0) is 25.0 Å². The Morgan fingerprint density at radius 3 is 2.55 bits per heavy atom. The molecule has 20 heavy (non-hydrogen) atoms. The van der Waals surface area contributed by atoms with Crippen LogP contribution in [-0.2, 0) is 4.79 Å². The second-order valence-electron chi connectivity index (χ2n) is 4.49. The van der Waals surface area contributed by atoms with Crippen molar-refractivity contribution in [3.8, 4) is 0 Å². The van der Waals surface area contributed by atoms with Crippen LogP contribution in [0.3, 0.4) is 0 Å². The number of aliphatic carboxylic acids is 1. The van der Waals surface area contributed by atoms with Crippen molar-refractivity contribution in [1.29, 1.82) is 0 Å². The van der Waals surface area contributed by atoms with E-state index in [1.807, 2.05) is 0 Å². The third-order valence-corrected chi connectivity index (χ3v) is 2.78. The average molecular weight is 286 g/mol. The third-order valence-electron chi connectivity index (χ3n) is 2.78. The molecular weight excluding hydrogens is 270 g/mol. The molecule has 0 radical (unpaired) electrons. The maximum absolute atomic E-state index is 13.5. The number of nitrogens with one attached hydrogen (secondary N) is 2. The number of amides is 2. The van der Waals surface area contributed by atoms with Crippen LogP contribution in [0.5, 0.6) is 0 Å². The van der Waals surface area contributed by atoms with Crippen molar-refractivity contribution in [3.05, 3.63) is 29.3 Å². The number of carbonyl (C=O) groups is 2. The number of benzene rings is 1. The molecule has 0 aliphatic carbocycles. The van der Waals surface area contributed by atoms with Gasteiger partial charge in [-0.3, -0.25) is 4.79 Å². The van der Waals surface area contributed by atoms with Gasteiger partial charge in [0.1, 0.15) is 11.6 Å². The summed E-state index contributed by atoms with van der Waals surface area (Å²) in [5, 5.41) is 13.2. The zero-order valence-electron chi connectivity index (χ0n) is 11.2. The minimum absolute atomic E-state index is 0.120. The lowest BCUT2D eigenvalue weighted by atomic mass is 10.1. The summed E-state index contributed by atoms with van der Waals surface area (Å²) in [6.07, 6.45) is 0.244. The number of anilines is 1. The summed E-state index contributed by atoms with van der Waals surface area (Å²) in [6, 6.07) is 1.16. The summed E-state index contributed by atoms with van der Waals surface area (Å²) in [7, 11) is 0. The first-order valence-electron chi connectivity index (χ1n) is 6.04.